The average Bonchev–Trinajstić information content (AvgIpc) is 2.98. The molecule has 0 aliphatic rings. The minimum absolute atomic E-state index is 0.125. The summed E-state index contributed by atoms with van der Waals surface area (Å²) in [6, 6.07) is 8.23. The van der Waals surface area contributed by atoms with Gasteiger partial charge < -0.3 is 5.11 Å². The van der Waals surface area contributed by atoms with Crippen LogP contribution in [0, 0.1) is 0 Å². The smallest absolute Gasteiger partial charge is 0.0654 e. The molecule has 2 aromatic rings. The first-order valence-electron chi connectivity index (χ1n) is 5.13. The van der Waals surface area contributed by atoms with Crippen LogP contribution >= 0.6 is 22.7 Å². The van der Waals surface area contributed by atoms with Gasteiger partial charge in [0.25, 0.3) is 0 Å². The van der Waals surface area contributed by atoms with Crippen LogP contribution in [0.4, 0.5) is 0 Å². The van der Waals surface area contributed by atoms with Gasteiger partial charge in [0.05, 0.1) is 12.0 Å². The van der Waals surface area contributed by atoms with Crippen molar-refractivity contribution in [1.29, 1.82) is 0 Å². The van der Waals surface area contributed by atoms with E-state index in [4.69, 9.17) is 0 Å². The van der Waals surface area contributed by atoms with E-state index in [1.54, 1.807) is 22.7 Å². The Bertz CT molecular complexity index is 394. The van der Waals surface area contributed by atoms with Gasteiger partial charge in [-0.25, -0.2) is 0 Å². The summed E-state index contributed by atoms with van der Waals surface area (Å²) in [5.74, 6) is 0. The second-order valence-corrected chi connectivity index (χ2v) is 5.58. The van der Waals surface area contributed by atoms with Crippen LogP contribution in [0.15, 0.2) is 47.7 Å². The van der Waals surface area contributed by atoms with Crippen LogP contribution < -0.4 is 0 Å². The number of allylic oxidation sites excluding steroid dienone is 1. The van der Waals surface area contributed by atoms with Crippen molar-refractivity contribution in [3.05, 3.63) is 57.4 Å². The molecule has 0 spiro atoms. The zero-order valence-electron chi connectivity index (χ0n) is 8.93. The molecule has 0 aliphatic heterocycles. The third-order valence-corrected chi connectivity index (χ3v) is 4.90. The maximum Gasteiger partial charge on any atom is 0.0654 e. The summed E-state index contributed by atoms with van der Waals surface area (Å²) >= 11 is 3.38. The highest BCUT2D eigenvalue weighted by Crippen LogP contribution is 2.40. The van der Waals surface area contributed by atoms with E-state index in [1.165, 1.54) is 9.75 Å². The van der Waals surface area contributed by atoms with E-state index in [1.807, 2.05) is 18.2 Å². The Morgan fingerprint density at radius 3 is 2.06 bits per heavy atom. The number of aliphatic hydroxyl groups is 1. The molecular formula is C13H14OS2. The predicted octanol–water partition coefficient (Wildman–Crippen LogP) is 3.66. The van der Waals surface area contributed by atoms with Crippen LogP contribution in [0.1, 0.15) is 16.2 Å². The molecule has 0 radical (unpaired) electrons. The van der Waals surface area contributed by atoms with Gasteiger partial charge in [0, 0.05) is 9.75 Å². The highest BCUT2D eigenvalue weighted by Gasteiger charge is 2.34. The van der Waals surface area contributed by atoms with E-state index in [2.05, 4.69) is 29.5 Å². The van der Waals surface area contributed by atoms with E-state index < -0.39 is 0 Å². The molecule has 0 unspecified atom stereocenters. The maximum absolute atomic E-state index is 9.82. The lowest BCUT2D eigenvalue weighted by atomic mass is 9.82. The molecule has 0 aromatic carbocycles. The van der Waals surface area contributed by atoms with Gasteiger partial charge in [-0.3, -0.25) is 0 Å². The van der Waals surface area contributed by atoms with Crippen LogP contribution in [-0.2, 0) is 5.41 Å². The summed E-state index contributed by atoms with van der Waals surface area (Å²) in [6.45, 7) is 3.94. The highest BCUT2D eigenvalue weighted by atomic mass is 32.1. The van der Waals surface area contributed by atoms with Gasteiger partial charge in [-0.05, 0) is 29.3 Å². The molecule has 0 fully saturated rings. The second kappa shape index (κ2) is 4.95. The van der Waals surface area contributed by atoms with Gasteiger partial charge in [-0.15, -0.1) is 29.3 Å². The van der Waals surface area contributed by atoms with Gasteiger partial charge >= 0.3 is 0 Å². The molecular weight excluding hydrogens is 236 g/mol. The molecule has 1 N–H and O–H groups in total. The first kappa shape index (κ1) is 11.6. The summed E-state index contributed by atoms with van der Waals surface area (Å²) in [7, 11) is 0. The third-order valence-electron chi connectivity index (χ3n) is 2.75. The molecule has 16 heavy (non-hydrogen) atoms. The maximum atomic E-state index is 9.82. The molecule has 0 amide bonds. The number of rotatable bonds is 5. The fourth-order valence-electron chi connectivity index (χ4n) is 1.89. The van der Waals surface area contributed by atoms with Crippen LogP contribution in [-0.4, -0.2) is 11.7 Å². The summed E-state index contributed by atoms with van der Waals surface area (Å²) in [5, 5.41) is 13.9. The Kier molecular flexibility index (Phi) is 3.59. The van der Waals surface area contributed by atoms with Gasteiger partial charge in [0.15, 0.2) is 0 Å². The zero-order valence-corrected chi connectivity index (χ0v) is 10.6. The fourth-order valence-corrected chi connectivity index (χ4v) is 3.84. The molecule has 3 heteroatoms. The molecule has 0 saturated heterocycles. The van der Waals surface area contributed by atoms with Crippen LogP contribution in [0.25, 0.3) is 0 Å². The van der Waals surface area contributed by atoms with E-state index in [-0.39, 0.29) is 12.0 Å². The van der Waals surface area contributed by atoms with E-state index in [0.29, 0.717) is 0 Å². The Labute approximate surface area is 104 Å². The molecule has 0 bridgehead atoms. The molecule has 2 aromatic heterocycles. The summed E-state index contributed by atoms with van der Waals surface area (Å²) < 4.78 is 0. The standard InChI is InChI=1S/C13H14OS2/c1-2-7-13(10-14,11-5-3-8-15-11)12-6-4-9-16-12/h2-6,8-9,14H,1,7,10H2. The molecule has 2 heterocycles. The minimum atomic E-state index is -0.288. The number of hydrogen-bond acceptors (Lipinski definition) is 3. The number of aliphatic hydroxyl groups excluding tert-OH is 1. The second-order valence-electron chi connectivity index (χ2n) is 3.69. The lowest BCUT2D eigenvalue weighted by molar-refractivity contribution is 0.225. The molecule has 2 rings (SSSR count). The lowest BCUT2D eigenvalue weighted by Crippen LogP contribution is -2.29. The van der Waals surface area contributed by atoms with Crippen molar-refractivity contribution in [3.8, 4) is 0 Å². The van der Waals surface area contributed by atoms with Crippen molar-refractivity contribution < 1.29 is 5.11 Å². The van der Waals surface area contributed by atoms with Crippen molar-refractivity contribution in [2.24, 2.45) is 0 Å². The Hall–Kier alpha value is -0.900. The van der Waals surface area contributed by atoms with Crippen molar-refractivity contribution >= 4 is 22.7 Å². The fraction of sp³-hybridized carbons (Fsp3) is 0.231. The van der Waals surface area contributed by atoms with Gasteiger partial charge in [-0.2, -0.15) is 0 Å². The molecule has 84 valence electrons. The van der Waals surface area contributed by atoms with E-state index in [0.717, 1.165) is 6.42 Å². The summed E-state index contributed by atoms with van der Waals surface area (Å²) in [4.78, 5) is 2.41. The number of thiophene rings is 2. The monoisotopic (exact) mass is 250 g/mol. The van der Waals surface area contributed by atoms with Crippen molar-refractivity contribution in [3.63, 3.8) is 0 Å². The molecule has 0 saturated carbocycles. The Morgan fingerprint density at radius 1 is 1.19 bits per heavy atom. The van der Waals surface area contributed by atoms with Crippen LogP contribution in [0.5, 0.6) is 0 Å². The van der Waals surface area contributed by atoms with Gasteiger partial charge in [0.1, 0.15) is 0 Å². The van der Waals surface area contributed by atoms with Crippen molar-refractivity contribution in [2.45, 2.75) is 11.8 Å². The quantitative estimate of drug-likeness (QED) is 0.803. The van der Waals surface area contributed by atoms with Crippen molar-refractivity contribution in [1.82, 2.24) is 0 Å². The third kappa shape index (κ3) is 1.86. The summed E-state index contributed by atoms with van der Waals surface area (Å²) in [6.07, 6.45) is 2.65. The zero-order chi connectivity index (χ0) is 11.4. The topological polar surface area (TPSA) is 20.2 Å². The highest BCUT2D eigenvalue weighted by molar-refractivity contribution is 7.11. The van der Waals surface area contributed by atoms with Gasteiger partial charge in [-0.1, -0.05) is 18.2 Å². The molecule has 0 atom stereocenters. The first-order valence-corrected chi connectivity index (χ1v) is 6.89. The number of hydrogen-bond donors (Lipinski definition) is 1. The Balaban J connectivity index is 2.51. The van der Waals surface area contributed by atoms with E-state index in [9.17, 15) is 5.11 Å². The summed E-state index contributed by atoms with van der Waals surface area (Å²) in [5.41, 5.74) is -0.288. The SMILES string of the molecule is C=CCC(CO)(c1cccs1)c1cccs1. The van der Waals surface area contributed by atoms with E-state index >= 15 is 0 Å². The predicted molar refractivity (Wildman–Crippen MR) is 71.3 cm³/mol. The van der Waals surface area contributed by atoms with Crippen LogP contribution in [0.2, 0.25) is 0 Å². The Morgan fingerprint density at radius 2 is 1.75 bits per heavy atom. The average molecular weight is 250 g/mol. The van der Waals surface area contributed by atoms with Crippen LogP contribution in [0.3, 0.4) is 0 Å². The van der Waals surface area contributed by atoms with Crippen molar-refractivity contribution in [2.75, 3.05) is 6.61 Å². The van der Waals surface area contributed by atoms with Gasteiger partial charge in [0.2, 0.25) is 0 Å². The molecule has 0 aliphatic carbocycles. The normalized spacial score (nSPS) is 11.6. The molecule has 1 nitrogen and oxygen atoms in total. The largest absolute Gasteiger partial charge is 0.395 e. The first-order chi connectivity index (χ1) is 7.83. The minimum Gasteiger partial charge on any atom is -0.395 e. The lowest BCUT2D eigenvalue weighted by Gasteiger charge is -2.28.